The van der Waals surface area contributed by atoms with E-state index < -0.39 is 47.2 Å². The maximum atomic E-state index is 13.2. The minimum Gasteiger partial charge on any atom is -0.504 e. The first kappa shape index (κ1) is 26.3. The first-order valence-corrected chi connectivity index (χ1v) is 13.4. The van der Waals surface area contributed by atoms with Gasteiger partial charge in [0.25, 0.3) is 0 Å². The average Bonchev–Trinajstić information content (AvgIpc) is 3.29. The summed E-state index contributed by atoms with van der Waals surface area (Å²) in [4.78, 5) is 39.9. The van der Waals surface area contributed by atoms with Crippen molar-refractivity contribution in [3.05, 3.63) is 71.0 Å². The van der Waals surface area contributed by atoms with Gasteiger partial charge in [-0.15, -0.1) is 0 Å². The van der Waals surface area contributed by atoms with Crippen molar-refractivity contribution in [3.8, 4) is 11.5 Å². The average molecular weight is 550 g/mol. The Morgan fingerprint density at radius 3 is 2.58 bits per heavy atom. The molecule has 1 saturated heterocycles. The van der Waals surface area contributed by atoms with Gasteiger partial charge in [0, 0.05) is 30.5 Å². The number of aliphatic hydroxyl groups is 1. The molecule has 0 amide bonds. The summed E-state index contributed by atoms with van der Waals surface area (Å²) < 4.78 is 22.6. The molecule has 0 radical (unpaired) electrons. The number of phenolic OH excluding ortho intramolecular Hbond substituents is 1. The molecule has 6 rings (SSSR count). The lowest BCUT2D eigenvalue weighted by Crippen LogP contribution is -2.74. The van der Waals surface area contributed by atoms with E-state index in [0.717, 1.165) is 11.1 Å². The summed E-state index contributed by atoms with van der Waals surface area (Å²) in [6.07, 6.45) is -0.521. The van der Waals surface area contributed by atoms with E-state index in [1.165, 1.54) is 13.8 Å². The number of ether oxygens (including phenoxy) is 4. The highest BCUT2D eigenvalue weighted by atomic mass is 16.6. The minimum atomic E-state index is -1.34. The van der Waals surface area contributed by atoms with E-state index in [1.54, 1.807) is 42.5 Å². The zero-order valence-electron chi connectivity index (χ0n) is 22.5. The maximum absolute atomic E-state index is 13.2. The number of hydrogen-bond donors (Lipinski definition) is 2. The molecule has 2 aliphatic heterocycles. The lowest BCUT2D eigenvalue weighted by atomic mass is 9.50. The first-order valence-electron chi connectivity index (χ1n) is 13.4. The van der Waals surface area contributed by atoms with Gasteiger partial charge in [-0.25, -0.2) is 9.59 Å². The highest BCUT2D eigenvalue weighted by molar-refractivity contribution is 5.84. The van der Waals surface area contributed by atoms with Crippen molar-refractivity contribution in [1.82, 2.24) is 4.90 Å². The minimum absolute atomic E-state index is 0.0346. The number of likely N-dealkylation sites (tertiary alicyclic amines) is 1. The van der Waals surface area contributed by atoms with Crippen molar-refractivity contribution in [2.24, 2.45) is 0 Å². The Morgan fingerprint density at radius 2 is 1.85 bits per heavy atom. The standard InChI is InChI=1S/C30H31NO9/c1-16(37-28(35)24(38-17(2)32)18-7-5-4-6-8-18)27(34)39-21-11-12-30(36)22-15-19-9-10-20(33)25-23(19)29(30,26(21)40-25)13-14-31(22)3/h4-11,16,22,24,26,33,36H,12-15H2,1-3H3/t16-,22-,24-,26-,29-,30+/m0/s1. The Bertz CT molecular complexity index is 1420. The van der Waals surface area contributed by atoms with Crippen LogP contribution >= 0.6 is 0 Å². The van der Waals surface area contributed by atoms with Gasteiger partial charge in [0.2, 0.25) is 6.10 Å². The molecule has 2 aromatic carbocycles. The zero-order chi connectivity index (χ0) is 28.4. The number of nitrogens with zero attached hydrogens (tertiary/aromatic N) is 1. The van der Waals surface area contributed by atoms with Crippen LogP contribution in [0.15, 0.2) is 54.3 Å². The van der Waals surface area contributed by atoms with Crippen molar-refractivity contribution in [2.75, 3.05) is 13.6 Å². The molecule has 6 atom stereocenters. The molecule has 1 fully saturated rings. The molecule has 2 aliphatic carbocycles. The second kappa shape index (κ2) is 9.35. The number of esters is 3. The number of benzene rings is 2. The van der Waals surface area contributed by atoms with Crippen LogP contribution in [0.5, 0.6) is 11.5 Å². The Labute approximate surface area is 231 Å². The number of hydrogen-bond acceptors (Lipinski definition) is 10. The third-order valence-corrected chi connectivity index (χ3v) is 8.80. The first-order chi connectivity index (χ1) is 19.1. The van der Waals surface area contributed by atoms with Crippen molar-refractivity contribution in [2.45, 2.75) is 68.5 Å². The summed E-state index contributed by atoms with van der Waals surface area (Å²) in [6, 6.07) is 11.6. The monoisotopic (exact) mass is 549 g/mol. The Balaban J connectivity index is 1.26. The molecule has 10 nitrogen and oxygen atoms in total. The summed E-state index contributed by atoms with van der Waals surface area (Å²) in [7, 11) is 1.99. The van der Waals surface area contributed by atoms with Gasteiger partial charge in [0.05, 0.1) is 11.0 Å². The van der Waals surface area contributed by atoms with Crippen LogP contribution in [0.3, 0.4) is 0 Å². The number of carbonyl (C=O) groups is 3. The van der Waals surface area contributed by atoms with Crippen molar-refractivity contribution in [1.29, 1.82) is 0 Å². The fourth-order valence-electron chi connectivity index (χ4n) is 6.97. The molecule has 40 heavy (non-hydrogen) atoms. The molecular formula is C30H31NO9. The van der Waals surface area contributed by atoms with Gasteiger partial charge >= 0.3 is 17.9 Å². The summed E-state index contributed by atoms with van der Waals surface area (Å²) in [5, 5.41) is 22.9. The molecule has 10 heteroatoms. The molecule has 2 bridgehead atoms. The summed E-state index contributed by atoms with van der Waals surface area (Å²) in [5.41, 5.74) is 0.0569. The van der Waals surface area contributed by atoms with Crippen LogP contribution in [0, 0.1) is 0 Å². The highest BCUT2D eigenvalue weighted by Gasteiger charge is 2.72. The predicted molar refractivity (Wildman–Crippen MR) is 139 cm³/mol. The van der Waals surface area contributed by atoms with Crippen LogP contribution in [0.2, 0.25) is 0 Å². The highest BCUT2D eigenvalue weighted by Crippen LogP contribution is 2.65. The molecule has 2 heterocycles. The van der Waals surface area contributed by atoms with Gasteiger partial charge in [0.15, 0.2) is 23.7 Å². The second-order valence-electron chi connectivity index (χ2n) is 11.0. The quantitative estimate of drug-likeness (QED) is 0.409. The zero-order valence-corrected chi connectivity index (χ0v) is 22.5. The van der Waals surface area contributed by atoms with Gasteiger partial charge < -0.3 is 34.1 Å². The van der Waals surface area contributed by atoms with E-state index in [4.69, 9.17) is 18.9 Å². The number of carbonyl (C=O) groups excluding carboxylic acids is 3. The molecule has 1 spiro atoms. The van der Waals surface area contributed by atoms with Crippen molar-refractivity contribution in [3.63, 3.8) is 0 Å². The molecule has 210 valence electrons. The van der Waals surface area contributed by atoms with Crippen LogP contribution in [0.4, 0.5) is 0 Å². The smallest absolute Gasteiger partial charge is 0.353 e. The summed E-state index contributed by atoms with van der Waals surface area (Å²) >= 11 is 0. The van der Waals surface area contributed by atoms with Crippen LogP contribution in [-0.4, -0.2) is 70.5 Å². The van der Waals surface area contributed by atoms with Crippen LogP contribution < -0.4 is 4.74 Å². The topological polar surface area (TPSA) is 132 Å². The fourth-order valence-corrected chi connectivity index (χ4v) is 6.97. The largest absolute Gasteiger partial charge is 0.504 e. The van der Waals surface area contributed by atoms with Gasteiger partial charge in [-0.05, 0) is 51.1 Å². The van der Waals surface area contributed by atoms with Gasteiger partial charge in [-0.3, -0.25) is 4.79 Å². The SMILES string of the molecule is CC(=O)O[C@H](C(=O)O[C@@H](C)C(=O)OC1=CC[C@@]2(O)[C@@H]3Cc4ccc(O)c5c4[C@@]2(CCN3C)[C@H]1O5)c1ccccc1. The van der Waals surface area contributed by atoms with E-state index in [-0.39, 0.29) is 24.0 Å². The molecule has 0 aromatic heterocycles. The van der Waals surface area contributed by atoms with Gasteiger partial charge in [0.1, 0.15) is 5.76 Å². The Kier molecular flexibility index (Phi) is 6.15. The molecule has 0 saturated carbocycles. The number of piperidine rings is 1. The number of phenols is 1. The number of likely N-dealkylation sites (N-methyl/N-ethyl adjacent to an activating group) is 1. The summed E-state index contributed by atoms with van der Waals surface area (Å²) in [5.74, 6) is -1.97. The molecule has 2 aromatic rings. The van der Waals surface area contributed by atoms with E-state index in [2.05, 4.69) is 4.90 Å². The van der Waals surface area contributed by atoms with Crippen molar-refractivity contribution >= 4 is 17.9 Å². The molecular weight excluding hydrogens is 518 g/mol. The normalized spacial score (nSPS) is 29.2. The second-order valence-corrected chi connectivity index (χ2v) is 11.0. The molecule has 0 unspecified atom stereocenters. The van der Waals surface area contributed by atoms with Crippen LogP contribution in [-0.2, 0) is 40.4 Å². The number of rotatable bonds is 6. The van der Waals surface area contributed by atoms with Gasteiger partial charge in [-0.2, -0.15) is 0 Å². The van der Waals surface area contributed by atoms with Crippen LogP contribution in [0.1, 0.15) is 49.5 Å². The van der Waals surface area contributed by atoms with Crippen molar-refractivity contribution < 1.29 is 43.5 Å². The van der Waals surface area contributed by atoms with Gasteiger partial charge in [-0.1, -0.05) is 36.4 Å². The van der Waals surface area contributed by atoms with Crippen LogP contribution in [0.25, 0.3) is 0 Å². The van der Waals surface area contributed by atoms with E-state index >= 15 is 0 Å². The van der Waals surface area contributed by atoms with E-state index in [1.807, 2.05) is 13.1 Å². The fraction of sp³-hybridized carbons (Fsp3) is 0.433. The van der Waals surface area contributed by atoms with E-state index in [9.17, 15) is 24.6 Å². The Morgan fingerprint density at radius 1 is 1.10 bits per heavy atom. The lowest BCUT2D eigenvalue weighted by Gasteiger charge is -2.61. The Hall–Kier alpha value is -3.89. The third-order valence-electron chi connectivity index (χ3n) is 8.80. The van der Waals surface area contributed by atoms with E-state index in [0.29, 0.717) is 30.7 Å². The number of aromatic hydroxyl groups is 1. The molecule has 4 aliphatic rings. The predicted octanol–water partition coefficient (Wildman–Crippen LogP) is 2.45. The molecule has 2 N–H and O–H groups in total. The summed E-state index contributed by atoms with van der Waals surface area (Å²) in [6.45, 7) is 3.24. The maximum Gasteiger partial charge on any atom is 0.353 e. The lowest BCUT2D eigenvalue weighted by molar-refractivity contribution is -0.180. The third kappa shape index (κ3) is 3.73.